The maximum absolute atomic E-state index is 10.4. The topological polar surface area (TPSA) is 37.3 Å². The van der Waals surface area contributed by atoms with Crippen LogP contribution in [0.4, 0.5) is 0 Å². The molecule has 0 fully saturated rings. The Hall–Kier alpha value is -0.511. The average Bonchev–Trinajstić information content (AvgIpc) is 2.31. The predicted molar refractivity (Wildman–Crippen MR) is 74.2 cm³/mol. The van der Waals surface area contributed by atoms with Crippen molar-refractivity contribution in [3.05, 3.63) is 30.3 Å². The molecule has 1 unspecified atom stereocenters. The molecular weight excluding hydrogens is 319 g/mol. The van der Waals surface area contributed by atoms with Gasteiger partial charge in [-0.1, -0.05) is 26.7 Å². The summed E-state index contributed by atoms with van der Waals surface area (Å²) in [6, 6.07) is 10.5. The molecule has 0 saturated carbocycles. The SMILES string of the molecule is CCCCC(CC)C(=O)O.[SnH][c]1ccccc1. The summed E-state index contributed by atoms with van der Waals surface area (Å²) in [5.41, 5.74) is 0. The normalized spacial score (nSPS) is 11.2. The molecule has 0 aliphatic rings. The van der Waals surface area contributed by atoms with Crippen molar-refractivity contribution in [1.82, 2.24) is 0 Å². The van der Waals surface area contributed by atoms with E-state index in [4.69, 9.17) is 5.11 Å². The van der Waals surface area contributed by atoms with Crippen molar-refractivity contribution in [2.75, 3.05) is 0 Å². The fourth-order valence-electron chi connectivity index (χ4n) is 1.41. The molecule has 1 rings (SSSR count). The molecule has 0 spiro atoms. The van der Waals surface area contributed by atoms with Crippen LogP contribution in [-0.2, 0) is 4.79 Å². The molecule has 3 heteroatoms. The van der Waals surface area contributed by atoms with Crippen LogP contribution in [0.25, 0.3) is 0 Å². The molecule has 1 aromatic rings. The number of carboxylic acid groups (broad SMARTS) is 1. The van der Waals surface area contributed by atoms with E-state index >= 15 is 0 Å². The molecular formula is C14H22O2Sn. The number of aliphatic carboxylic acids is 1. The number of benzene rings is 1. The molecule has 0 aliphatic heterocycles. The summed E-state index contributed by atoms with van der Waals surface area (Å²) < 4.78 is 1.45. The van der Waals surface area contributed by atoms with E-state index in [0.717, 1.165) is 25.7 Å². The average molecular weight is 341 g/mol. The van der Waals surface area contributed by atoms with E-state index in [2.05, 4.69) is 31.2 Å². The van der Waals surface area contributed by atoms with Crippen molar-refractivity contribution in [2.24, 2.45) is 5.92 Å². The van der Waals surface area contributed by atoms with E-state index in [9.17, 15) is 4.79 Å². The van der Waals surface area contributed by atoms with Crippen LogP contribution in [0.2, 0.25) is 0 Å². The van der Waals surface area contributed by atoms with Crippen molar-refractivity contribution in [1.29, 1.82) is 0 Å². The molecule has 0 saturated heterocycles. The van der Waals surface area contributed by atoms with Crippen LogP contribution in [0.3, 0.4) is 0 Å². The summed E-state index contributed by atoms with van der Waals surface area (Å²) in [6.07, 6.45) is 3.71. The molecule has 17 heavy (non-hydrogen) atoms. The Morgan fingerprint density at radius 1 is 1.29 bits per heavy atom. The van der Waals surface area contributed by atoms with Crippen LogP contribution >= 0.6 is 0 Å². The van der Waals surface area contributed by atoms with Gasteiger partial charge in [-0.15, -0.1) is 0 Å². The molecule has 0 amide bonds. The minimum atomic E-state index is -0.643. The zero-order valence-corrected chi connectivity index (χ0v) is 14.0. The zero-order valence-electron chi connectivity index (χ0n) is 10.7. The van der Waals surface area contributed by atoms with Crippen LogP contribution in [0.5, 0.6) is 0 Å². The molecule has 0 heterocycles. The van der Waals surface area contributed by atoms with Crippen molar-refractivity contribution >= 4 is 32.1 Å². The van der Waals surface area contributed by atoms with Gasteiger partial charge in [-0.2, -0.15) is 0 Å². The van der Waals surface area contributed by atoms with Gasteiger partial charge in [0.25, 0.3) is 0 Å². The summed E-state index contributed by atoms with van der Waals surface area (Å²) >= 11 is 1.23. The molecule has 1 atom stereocenters. The zero-order chi connectivity index (χ0) is 13.1. The molecule has 0 aliphatic carbocycles. The van der Waals surface area contributed by atoms with Gasteiger partial charge >= 0.3 is 62.4 Å². The summed E-state index contributed by atoms with van der Waals surface area (Å²) in [6.45, 7) is 4.00. The number of hydrogen-bond acceptors (Lipinski definition) is 1. The number of hydrogen-bond donors (Lipinski definition) is 1. The fourth-order valence-corrected chi connectivity index (χ4v) is 2.04. The fraction of sp³-hybridized carbons (Fsp3) is 0.500. The summed E-state index contributed by atoms with van der Waals surface area (Å²) in [5.74, 6) is -0.754. The first-order valence-electron chi connectivity index (χ1n) is 6.15. The number of rotatable bonds is 5. The van der Waals surface area contributed by atoms with Crippen LogP contribution in [0.1, 0.15) is 39.5 Å². The Balaban J connectivity index is 0.000000318. The van der Waals surface area contributed by atoms with Gasteiger partial charge in [-0.05, 0) is 12.8 Å². The monoisotopic (exact) mass is 342 g/mol. The van der Waals surface area contributed by atoms with Crippen molar-refractivity contribution in [2.45, 2.75) is 39.5 Å². The van der Waals surface area contributed by atoms with E-state index < -0.39 is 5.97 Å². The summed E-state index contributed by atoms with van der Waals surface area (Å²) in [7, 11) is 0. The number of unbranched alkanes of at least 4 members (excludes halogenated alkanes) is 1. The van der Waals surface area contributed by atoms with Crippen LogP contribution in [-0.4, -0.2) is 33.6 Å². The quantitative estimate of drug-likeness (QED) is 0.836. The Labute approximate surface area is 118 Å². The third kappa shape index (κ3) is 9.21. The first-order valence-corrected chi connectivity index (χ1v) is 7.79. The first-order chi connectivity index (χ1) is 8.11. The van der Waals surface area contributed by atoms with Crippen LogP contribution in [0.15, 0.2) is 30.3 Å². The van der Waals surface area contributed by atoms with Crippen LogP contribution in [0, 0.1) is 5.92 Å². The van der Waals surface area contributed by atoms with E-state index in [0.29, 0.717) is 0 Å². The minimum absolute atomic E-state index is 0.111. The van der Waals surface area contributed by atoms with Gasteiger partial charge in [0.05, 0.1) is 5.92 Å². The molecule has 1 N–H and O–H groups in total. The van der Waals surface area contributed by atoms with Gasteiger partial charge < -0.3 is 5.11 Å². The van der Waals surface area contributed by atoms with Crippen LogP contribution < -0.4 is 3.58 Å². The molecule has 1 aromatic carbocycles. The molecule has 0 bridgehead atoms. The van der Waals surface area contributed by atoms with Gasteiger partial charge in [-0.3, -0.25) is 4.79 Å². The Bertz CT molecular complexity index is 298. The summed E-state index contributed by atoms with van der Waals surface area (Å²) in [5, 5.41) is 8.60. The van der Waals surface area contributed by atoms with E-state index in [-0.39, 0.29) is 5.92 Å². The van der Waals surface area contributed by atoms with Gasteiger partial charge in [0.15, 0.2) is 0 Å². The summed E-state index contributed by atoms with van der Waals surface area (Å²) in [4.78, 5) is 10.4. The maximum atomic E-state index is 10.4. The second kappa shape index (κ2) is 10.6. The third-order valence-electron chi connectivity index (χ3n) is 2.55. The third-order valence-corrected chi connectivity index (χ3v) is 3.65. The predicted octanol–water partition coefficient (Wildman–Crippen LogP) is 2.50. The van der Waals surface area contributed by atoms with Gasteiger partial charge in [0, 0.05) is 0 Å². The number of carbonyl (C=O) groups is 1. The Kier molecular flexibility index (Phi) is 10.3. The van der Waals surface area contributed by atoms with Crippen molar-refractivity contribution in [3.63, 3.8) is 0 Å². The van der Waals surface area contributed by atoms with Crippen molar-refractivity contribution < 1.29 is 9.90 Å². The molecule has 94 valence electrons. The first kappa shape index (κ1) is 16.5. The standard InChI is InChI=1S/C8H16O2.C6H5.Sn.H/c1-3-5-6-7(4-2)8(9)10;1-2-4-6-5-3-1;;/h7H,3-6H2,1-2H3,(H,9,10);1-5H;;. The van der Waals surface area contributed by atoms with Gasteiger partial charge in [0.1, 0.15) is 0 Å². The Morgan fingerprint density at radius 3 is 2.18 bits per heavy atom. The van der Waals surface area contributed by atoms with Gasteiger partial charge in [-0.25, -0.2) is 0 Å². The molecule has 0 aromatic heterocycles. The van der Waals surface area contributed by atoms with Crippen molar-refractivity contribution in [3.8, 4) is 0 Å². The van der Waals surface area contributed by atoms with E-state index in [1.807, 2.05) is 13.0 Å². The Morgan fingerprint density at radius 2 is 1.88 bits per heavy atom. The molecule has 2 nitrogen and oxygen atoms in total. The molecule has 2 radical (unpaired) electrons. The number of carboxylic acids is 1. The second-order valence-electron chi connectivity index (χ2n) is 4.00. The van der Waals surface area contributed by atoms with E-state index in [1.165, 1.54) is 26.1 Å². The van der Waals surface area contributed by atoms with E-state index in [1.54, 1.807) is 0 Å². The van der Waals surface area contributed by atoms with Gasteiger partial charge in [0.2, 0.25) is 0 Å². The second-order valence-corrected chi connectivity index (χ2v) is 5.90.